The van der Waals surface area contributed by atoms with E-state index in [0.29, 0.717) is 19.2 Å². The molecule has 3 heterocycles. The van der Waals surface area contributed by atoms with Crippen molar-refractivity contribution in [2.75, 3.05) is 6.61 Å². The Balaban J connectivity index is 1.35. The monoisotopic (exact) mass is 326 g/mol. The maximum absolute atomic E-state index is 5.90. The van der Waals surface area contributed by atoms with Gasteiger partial charge in [0.25, 0.3) is 0 Å². The molecule has 0 amide bonds. The molecule has 1 aliphatic heterocycles. The van der Waals surface area contributed by atoms with Crippen LogP contribution in [-0.4, -0.2) is 17.6 Å². The van der Waals surface area contributed by atoms with E-state index < -0.39 is 0 Å². The zero-order valence-corrected chi connectivity index (χ0v) is 13.5. The lowest BCUT2D eigenvalue weighted by atomic mass is 10.1. The quantitative estimate of drug-likeness (QED) is 0.790. The van der Waals surface area contributed by atoms with Crippen LogP contribution in [-0.2, 0) is 13.0 Å². The number of hydrogen-bond acceptors (Lipinski definition) is 5. The molecule has 0 saturated heterocycles. The number of ether oxygens (including phenoxy) is 1. The van der Waals surface area contributed by atoms with Gasteiger partial charge in [0.15, 0.2) is 5.76 Å². The highest BCUT2D eigenvalue weighted by atomic mass is 32.1. The molecule has 23 heavy (non-hydrogen) atoms. The maximum atomic E-state index is 5.90. The van der Waals surface area contributed by atoms with Crippen molar-refractivity contribution >= 4 is 11.3 Å². The average Bonchev–Trinajstić information content (AvgIpc) is 3.22. The van der Waals surface area contributed by atoms with Crippen LogP contribution in [0.5, 0.6) is 5.75 Å². The van der Waals surface area contributed by atoms with Crippen LogP contribution in [0.25, 0.3) is 10.6 Å². The Labute approximate surface area is 139 Å². The lowest BCUT2D eigenvalue weighted by Gasteiger charge is -2.14. The molecule has 2 aromatic heterocycles. The topological polar surface area (TPSA) is 47.3 Å². The highest BCUT2D eigenvalue weighted by molar-refractivity contribution is 7.13. The number of nitrogens with zero attached hydrogens (tertiary/aromatic N) is 1. The second kappa shape index (κ2) is 6.56. The van der Waals surface area contributed by atoms with Gasteiger partial charge in [-0.05, 0) is 35.9 Å². The molecule has 0 fully saturated rings. The van der Waals surface area contributed by atoms with Crippen molar-refractivity contribution in [1.82, 2.24) is 10.3 Å². The van der Waals surface area contributed by atoms with E-state index in [-0.39, 0.29) is 0 Å². The Hall–Kier alpha value is -2.11. The van der Waals surface area contributed by atoms with Crippen molar-refractivity contribution in [3.05, 3.63) is 59.4 Å². The molecule has 0 radical (unpaired) electrons. The zero-order chi connectivity index (χ0) is 15.5. The minimum atomic E-state index is 0.305. The molecule has 0 spiro atoms. The van der Waals surface area contributed by atoms with Gasteiger partial charge in [-0.2, -0.15) is 0 Å². The minimum absolute atomic E-state index is 0.305. The number of nitrogens with one attached hydrogen (secondary N) is 1. The number of benzene rings is 1. The summed E-state index contributed by atoms with van der Waals surface area (Å²) >= 11 is 1.66. The van der Waals surface area contributed by atoms with Gasteiger partial charge in [-0.25, -0.2) is 4.98 Å². The van der Waals surface area contributed by atoms with Gasteiger partial charge in [0.2, 0.25) is 5.89 Å². The van der Waals surface area contributed by atoms with Gasteiger partial charge in [-0.15, -0.1) is 11.3 Å². The summed E-state index contributed by atoms with van der Waals surface area (Å²) in [6.45, 7) is 1.30. The highest BCUT2D eigenvalue weighted by Crippen LogP contribution is 2.26. The number of fused-ring (bicyclic) bond motifs is 1. The number of rotatable bonds is 4. The summed E-state index contributed by atoms with van der Waals surface area (Å²) in [4.78, 5) is 5.46. The van der Waals surface area contributed by atoms with E-state index in [4.69, 9.17) is 9.15 Å². The molecule has 1 aliphatic rings. The predicted octanol–water partition coefficient (Wildman–Crippen LogP) is 3.89. The third-order valence-electron chi connectivity index (χ3n) is 4.03. The summed E-state index contributed by atoms with van der Waals surface area (Å²) in [5, 5.41) is 5.53. The van der Waals surface area contributed by atoms with Gasteiger partial charge in [-0.3, -0.25) is 0 Å². The molecular formula is C18H18N2O2S. The Kier molecular flexibility index (Phi) is 4.13. The van der Waals surface area contributed by atoms with Crippen LogP contribution in [0.4, 0.5) is 0 Å². The van der Waals surface area contributed by atoms with E-state index in [9.17, 15) is 0 Å². The van der Waals surface area contributed by atoms with Crippen LogP contribution >= 0.6 is 11.3 Å². The first-order valence-corrected chi connectivity index (χ1v) is 8.69. The van der Waals surface area contributed by atoms with Gasteiger partial charge in [0.05, 0.1) is 17.6 Å². The highest BCUT2D eigenvalue weighted by Gasteiger charge is 2.17. The maximum Gasteiger partial charge on any atom is 0.208 e. The number of aromatic nitrogens is 1. The second-order valence-electron chi connectivity index (χ2n) is 5.63. The standard InChI is InChI=1S/C18H18N2O2S/c1-2-5-15-13(4-1)7-8-14(12-21-15)19-11-18-20-10-16(22-18)17-6-3-9-23-17/h1-6,9-10,14,19H,7-8,11-12H2. The molecule has 5 heteroatoms. The summed E-state index contributed by atoms with van der Waals surface area (Å²) in [6.07, 6.45) is 3.87. The third kappa shape index (κ3) is 3.30. The molecule has 1 unspecified atom stereocenters. The number of oxazole rings is 1. The molecule has 0 aliphatic carbocycles. The van der Waals surface area contributed by atoms with E-state index in [0.717, 1.165) is 35.1 Å². The van der Waals surface area contributed by atoms with Gasteiger partial charge in [0.1, 0.15) is 12.4 Å². The Bertz CT molecular complexity index is 740. The van der Waals surface area contributed by atoms with Crippen molar-refractivity contribution in [1.29, 1.82) is 0 Å². The van der Waals surface area contributed by atoms with Crippen LogP contribution in [0.15, 0.2) is 52.4 Å². The van der Waals surface area contributed by atoms with Gasteiger partial charge >= 0.3 is 0 Å². The Morgan fingerprint density at radius 2 is 2.17 bits per heavy atom. The Morgan fingerprint density at radius 1 is 1.22 bits per heavy atom. The molecule has 4 nitrogen and oxygen atoms in total. The van der Waals surface area contributed by atoms with Crippen LogP contribution < -0.4 is 10.1 Å². The summed E-state index contributed by atoms with van der Waals surface area (Å²) in [5.41, 5.74) is 1.29. The van der Waals surface area contributed by atoms with E-state index >= 15 is 0 Å². The molecule has 1 aromatic carbocycles. The SMILES string of the molecule is c1csc(-c2cnc(CNC3CCc4ccccc4OC3)o2)c1. The summed E-state index contributed by atoms with van der Waals surface area (Å²) in [5.74, 6) is 2.56. The normalized spacial score (nSPS) is 17.3. The molecule has 118 valence electrons. The largest absolute Gasteiger partial charge is 0.492 e. The van der Waals surface area contributed by atoms with E-state index in [1.807, 2.05) is 29.6 Å². The molecule has 4 rings (SSSR count). The summed E-state index contributed by atoms with van der Waals surface area (Å²) in [7, 11) is 0. The Morgan fingerprint density at radius 3 is 3.09 bits per heavy atom. The zero-order valence-electron chi connectivity index (χ0n) is 12.7. The molecule has 3 aromatic rings. The molecule has 0 bridgehead atoms. The first kappa shape index (κ1) is 14.5. The van der Waals surface area contributed by atoms with Gasteiger partial charge < -0.3 is 14.5 Å². The molecule has 0 saturated carbocycles. The van der Waals surface area contributed by atoms with Gasteiger partial charge in [0, 0.05) is 6.04 Å². The molecular weight excluding hydrogens is 308 g/mol. The molecule has 1 N–H and O–H groups in total. The fraction of sp³-hybridized carbons (Fsp3) is 0.278. The lowest BCUT2D eigenvalue weighted by molar-refractivity contribution is 0.263. The summed E-state index contributed by atoms with van der Waals surface area (Å²) < 4.78 is 11.7. The fourth-order valence-corrected chi connectivity index (χ4v) is 3.44. The first-order valence-electron chi connectivity index (χ1n) is 7.81. The van der Waals surface area contributed by atoms with Crippen molar-refractivity contribution < 1.29 is 9.15 Å². The van der Waals surface area contributed by atoms with Crippen LogP contribution in [0.1, 0.15) is 17.9 Å². The number of thiophene rings is 1. The van der Waals surface area contributed by atoms with Crippen molar-refractivity contribution in [2.24, 2.45) is 0 Å². The van der Waals surface area contributed by atoms with E-state index in [1.165, 1.54) is 5.56 Å². The van der Waals surface area contributed by atoms with E-state index in [2.05, 4.69) is 22.4 Å². The third-order valence-corrected chi connectivity index (χ3v) is 4.92. The fourth-order valence-electron chi connectivity index (χ4n) is 2.77. The van der Waals surface area contributed by atoms with Crippen molar-refractivity contribution in [3.63, 3.8) is 0 Å². The van der Waals surface area contributed by atoms with Crippen molar-refractivity contribution in [2.45, 2.75) is 25.4 Å². The van der Waals surface area contributed by atoms with Gasteiger partial charge in [-0.1, -0.05) is 24.3 Å². The second-order valence-corrected chi connectivity index (χ2v) is 6.58. The predicted molar refractivity (Wildman–Crippen MR) is 90.7 cm³/mol. The van der Waals surface area contributed by atoms with Crippen LogP contribution in [0.2, 0.25) is 0 Å². The van der Waals surface area contributed by atoms with Crippen LogP contribution in [0.3, 0.4) is 0 Å². The molecule has 1 atom stereocenters. The number of aryl methyl sites for hydroxylation is 1. The number of hydrogen-bond donors (Lipinski definition) is 1. The van der Waals surface area contributed by atoms with Crippen LogP contribution in [0, 0.1) is 0 Å². The number of para-hydroxylation sites is 1. The van der Waals surface area contributed by atoms with Crippen molar-refractivity contribution in [3.8, 4) is 16.4 Å². The average molecular weight is 326 g/mol. The van der Waals surface area contributed by atoms with E-state index in [1.54, 1.807) is 17.5 Å². The lowest BCUT2D eigenvalue weighted by Crippen LogP contribution is -2.33. The minimum Gasteiger partial charge on any atom is -0.492 e. The summed E-state index contributed by atoms with van der Waals surface area (Å²) in [6, 6.07) is 12.6. The first-order chi connectivity index (χ1) is 11.4. The smallest absolute Gasteiger partial charge is 0.208 e.